The summed E-state index contributed by atoms with van der Waals surface area (Å²) in [5, 5.41) is 13.9. The number of carbonyl (C=O) groups excluding carboxylic acids is 1. The van der Waals surface area contributed by atoms with E-state index in [9.17, 15) is 19.3 Å². The van der Waals surface area contributed by atoms with Crippen LogP contribution in [0.1, 0.15) is 33.4 Å². The number of carbonyl (C=O) groups is 1. The van der Waals surface area contributed by atoms with E-state index in [0.29, 0.717) is 11.4 Å². The predicted octanol–water partition coefficient (Wildman–Crippen LogP) is 3.30. The number of imidazole rings is 1. The lowest BCUT2D eigenvalue weighted by atomic mass is 10.0. The molecule has 0 fully saturated rings. The van der Waals surface area contributed by atoms with Crippen LogP contribution in [-0.4, -0.2) is 20.4 Å². The summed E-state index contributed by atoms with van der Waals surface area (Å²) in [6, 6.07) is 9.46. The second kappa shape index (κ2) is 7.36. The first-order chi connectivity index (χ1) is 12.9. The standard InChI is InChI=1S/C19H17FN4O3/c1-12-15(7-4-8-16(12)24(26)27)19(25)22-17(18-21-9-10-23(18)2)13-5-3-6-14(20)11-13/h3-11,17H,1-2H3,(H,22,25)/t17-/m0/s1. The van der Waals surface area contributed by atoms with Crippen molar-refractivity contribution in [3.8, 4) is 0 Å². The van der Waals surface area contributed by atoms with Gasteiger partial charge in [0, 0.05) is 36.6 Å². The van der Waals surface area contributed by atoms with Crippen LogP contribution in [0.25, 0.3) is 0 Å². The summed E-state index contributed by atoms with van der Waals surface area (Å²) in [6.07, 6.45) is 3.29. The number of aromatic nitrogens is 2. The minimum Gasteiger partial charge on any atom is -0.338 e. The molecule has 0 saturated carbocycles. The van der Waals surface area contributed by atoms with Gasteiger partial charge in [-0.2, -0.15) is 0 Å². The van der Waals surface area contributed by atoms with Gasteiger partial charge in [-0.3, -0.25) is 14.9 Å². The highest BCUT2D eigenvalue weighted by molar-refractivity contribution is 5.97. The van der Waals surface area contributed by atoms with Crippen molar-refractivity contribution >= 4 is 11.6 Å². The lowest BCUT2D eigenvalue weighted by Gasteiger charge is -2.20. The summed E-state index contributed by atoms with van der Waals surface area (Å²) >= 11 is 0. The fourth-order valence-corrected chi connectivity index (χ4v) is 2.91. The molecule has 27 heavy (non-hydrogen) atoms. The van der Waals surface area contributed by atoms with Crippen molar-refractivity contribution in [2.75, 3.05) is 0 Å². The zero-order valence-corrected chi connectivity index (χ0v) is 14.7. The number of nitrogens with one attached hydrogen (secondary N) is 1. The maximum absolute atomic E-state index is 13.7. The van der Waals surface area contributed by atoms with Crippen molar-refractivity contribution in [1.82, 2.24) is 14.9 Å². The first-order valence-electron chi connectivity index (χ1n) is 8.16. The second-order valence-corrected chi connectivity index (χ2v) is 6.06. The fraction of sp³-hybridized carbons (Fsp3) is 0.158. The predicted molar refractivity (Wildman–Crippen MR) is 96.8 cm³/mol. The number of nitro groups is 1. The van der Waals surface area contributed by atoms with Gasteiger partial charge in [-0.1, -0.05) is 18.2 Å². The Morgan fingerprint density at radius 1 is 1.30 bits per heavy atom. The van der Waals surface area contributed by atoms with Gasteiger partial charge in [-0.05, 0) is 30.7 Å². The zero-order chi connectivity index (χ0) is 19.6. The maximum atomic E-state index is 13.7. The van der Waals surface area contributed by atoms with E-state index < -0.39 is 22.7 Å². The number of halogens is 1. The minimum atomic E-state index is -0.716. The monoisotopic (exact) mass is 368 g/mol. The van der Waals surface area contributed by atoms with Crippen molar-refractivity contribution in [3.63, 3.8) is 0 Å². The van der Waals surface area contributed by atoms with Gasteiger partial charge < -0.3 is 9.88 Å². The number of rotatable bonds is 5. The van der Waals surface area contributed by atoms with E-state index in [1.165, 1.54) is 37.3 Å². The van der Waals surface area contributed by atoms with Gasteiger partial charge in [0.25, 0.3) is 11.6 Å². The Morgan fingerprint density at radius 2 is 2.04 bits per heavy atom. The molecular weight excluding hydrogens is 351 g/mol. The van der Waals surface area contributed by atoms with Crippen LogP contribution in [0.15, 0.2) is 54.9 Å². The molecule has 1 N–H and O–H groups in total. The summed E-state index contributed by atoms with van der Waals surface area (Å²) in [4.78, 5) is 27.7. The molecule has 0 aliphatic heterocycles. The summed E-state index contributed by atoms with van der Waals surface area (Å²) in [7, 11) is 1.76. The third kappa shape index (κ3) is 3.69. The summed E-state index contributed by atoms with van der Waals surface area (Å²) in [5.74, 6) is -0.432. The number of nitrogens with zero attached hydrogens (tertiary/aromatic N) is 3. The number of hydrogen-bond acceptors (Lipinski definition) is 4. The van der Waals surface area contributed by atoms with Crippen LogP contribution < -0.4 is 5.32 Å². The number of amides is 1. The minimum absolute atomic E-state index is 0.137. The third-order valence-corrected chi connectivity index (χ3v) is 4.32. The lowest BCUT2D eigenvalue weighted by Crippen LogP contribution is -2.31. The summed E-state index contributed by atoms with van der Waals surface area (Å²) < 4.78 is 15.4. The van der Waals surface area contributed by atoms with E-state index in [2.05, 4.69) is 10.3 Å². The maximum Gasteiger partial charge on any atom is 0.273 e. The second-order valence-electron chi connectivity index (χ2n) is 6.06. The molecule has 0 unspecified atom stereocenters. The van der Waals surface area contributed by atoms with E-state index in [1.54, 1.807) is 36.1 Å². The van der Waals surface area contributed by atoms with Gasteiger partial charge in [0.2, 0.25) is 0 Å². The molecular formula is C19H17FN4O3. The first kappa shape index (κ1) is 18.2. The Morgan fingerprint density at radius 3 is 2.67 bits per heavy atom. The average molecular weight is 368 g/mol. The molecule has 1 atom stereocenters. The van der Waals surface area contributed by atoms with E-state index >= 15 is 0 Å². The largest absolute Gasteiger partial charge is 0.338 e. The molecule has 0 saturated heterocycles. The molecule has 0 spiro atoms. The van der Waals surface area contributed by atoms with Crippen LogP contribution >= 0.6 is 0 Å². The van der Waals surface area contributed by atoms with Gasteiger partial charge in [-0.15, -0.1) is 0 Å². The van der Waals surface area contributed by atoms with Crippen molar-refractivity contribution in [3.05, 3.63) is 93.3 Å². The van der Waals surface area contributed by atoms with Crippen molar-refractivity contribution < 1.29 is 14.1 Å². The molecule has 2 aromatic carbocycles. The molecule has 0 aliphatic carbocycles. The molecule has 1 amide bonds. The highest BCUT2D eigenvalue weighted by Gasteiger charge is 2.24. The van der Waals surface area contributed by atoms with Crippen LogP contribution in [0.5, 0.6) is 0 Å². The van der Waals surface area contributed by atoms with Crippen LogP contribution in [0.3, 0.4) is 0 Å². The first-order valence-corrected chi connectivity index (χ1v) is 8.16. The number of hydrogen-bond donors (Lipinski definition) is 1. The molecule has 3 rings (SSSR count). The third-order valence-electron chi connectivity index (χ3n) is 4.32. The topological polar surface area (TPSA) is 90.1 Å². The molecule has 8 heteroatoms. The van der Waals surface area contributed by atoms with E-state index in [-0.39, 0.29) is 16.8 Å². The Labute approximate surface area is 154 Å². The molecule has 0 aliphatic rings. The van der Waals surface area contributed by atoms with Gasteiger partial charge in [0.05, 0.1) is 4.92 Å². The van der Waals surface area contributed by atoms with Crippen LogP contribution in [0.2, 0.25) is 0 Å². The highest BCUT2D eigenvalue weighted by atomic mass is 19.1. The van der Waals surface area contributed by atoms with E-state index in [1.807, 2.05) is 0 Å². The van der Waals surface area contributed by atoms with Crippen molar-refractivity contribution in [2.24, 2.45) is 7.05 Å². The Hall–Kier alpha value is -3.55. The lowest BCUT2D eigenvalue weighted by molar-refractivity contribution is -0.385. The van der Waals surface area contributed by atoms with Crippen LogP contribution in [-0.2, 0) is 7.05 Å². The molecule has 0 radical (unpaired) electrons. The Bertz CT molecular complexity index is 1020. The SMILES string of the molecule is Cc1c(C(=O)N[C@@H](c2cccc(F)c2)c2nccn2C)cccc1[N+](=O)[O-]. The van der Waals surface area contributed by atoms with Crippen molar-refractivity contribution in [1.29, 1.82) is 0 Å². The number of benzene rings is 2. The molecule has 138 valence electrons. The van der Waals surface area contributed by atoms with Gasteiger partial charge in [0.1, 0.15) is 17.7 Å². The number of aryl methyl sites for hydroxylation is 1. The van der Waals surface area contributed by atoms with Gasteiger partial charge in [-0.25, -0.2) is 9.37 Å². The molecule has 3 aromatic rings. The number of nitro benzene ring substituents is 1. The normalized spacial score (nSPS) is 11.8. The average Bonchev–Trinajstić information content (AvgIpc) is 3.05. The quantitative estimate of drug-likeness (QED) is 0.553. The molecule has 1 aromatic heterocycles. The molecule has 1 heterocycles. The molecule has 7 nitrogen and oxygen atoms in total. The summed E-state index contributed by atoms with van der Waals surface area (Å²) in [5.41, 5.74) is 0.820. The highest BCUT2D eigenvalue weighted by Crippen LogP contribution is 2.25. The fourth-order valence-electron chi connectivity index (χ4n) is 2.91. The summed E-state index contributed by atoms with van der Waals surface area (Å²) in [6.45, 7) is 1.52. The van der Waals surface area contributed by atoms with E-state index in [0.717, 1.165) is 0 Å². The van der Waals surface area contributed by atoms with Gasteiger partial charge >= 0.3 is 0 Å². The Kier molecular flexibility index (Phi) is 4.98. The van der Waals surface area contributed by atoms with E-state index in [4.69, 9.17) is 0 Å². The van der Waals surface area contributed by atoms with Crippen molar-refractivity contribution in [2.45, 2.75) is 13.0 Å². The van der Waals surface area contributed by atoms with Gasteiger partial charge in [0.15, 0.2) is 0 Å². The molecule has 0 bridgehead atoms. The Balaban J connectivity index is 2.01. The zero-order valence-electron chi connectivity index (χ0n) is 14.7. The van der Waals surface area contributed by atoms with Crippen LogP contribution in [0, 0.1) is 22.9 Å². The van der Waals surface area contributed by atoms with Crippen LogP contribution in [0.4, 0.5) is 10.1 Å². The smallest absolute Gasteiger partial charge is 0.273 e.